The molecule has 0 fully saturated rings. The first-order chi connectivity index (χ1) is 7.60. The fourth-order valence-electron chi connectivity index (χ4n) is 1.07. The van der Waals surface area contributed by atoms with E-state index in [1.165, 1.54) is 5.32 Å². The fourth-order valence-corrected chi connectivity index (χ4v) is 1.07. The summed E-state index contributed by atoms with van der Waals surface area (Å²) in [5.74, 6) is -0.258. The van der Waals surface area contributed by atoms with Gasteiger partial charge in [-0.1, -0.05) is 0 Å². The highest BCUT2D eigenvalue weighted by Gasteiger charge is 2.56. The van der Waals surface area contributed by atoms with Gasteiger partial charge in [-0.15, -0.1) is 0 Å². The normalized spacial score (nSPS) is 12.9. The van der Waals surface area contributed by atoms with Crippen molar-refractivity contribution in [2.45, 2.75) is 18.4 Å². The lowest BCUT2D eigenvalue weighted by molar-refractivity contribution is -0.242. The van der Waals surface area contributed by atoms with E-state index in [0.717, 1.165) is 24.3 Å². The van der Waals surface area contributed by atoms with Gasteiger partial charge in [0.2, 0.25) is 6.04 Å². The van der Waals surface area contributed by atoms with Gasteiger partial charge in [0.1, 0.15) is 5.75 Å². The number of phenols is 1. The minimum absolute atomic E-state index is 0.258. The summed E-state index contributed by atoms with van der Waals surface area (Å²) in [5, 5.41) is 10.2. The Balaban J connectivity index is 2.92. The Hall–Kier alpha value is -1.60. The lowest BCUT2D eigenvalue weighted by atomic mass is 10.2. The van der Waals surface area contributed by atoms with Crippen LogP contribution in [0.1, 0.15) is 0 Å². The molecule has 0 atom stereocenters. The molecule has 1 aromatic carbocycles. The maximum absolute atomic E-state index is 12.1. The molecule has 1 rings (SSSR count). The van der Waals surface area contributed by atoms with E-state index in [1.54, 1.807) is 0 Å². The van der Waals surface area contributed by atoms with Gasteiger partial charge in [-0.05, 0) is 24.3 Å². The number of anilines is 1. The first-order valence-electron chi connectivity index (χ1n) is 4.29. The van der Waals surface area contributed by atoms with Crippen molar-refractivity contribution in [1.29, 1.82) is 0 Å². The van der Waals surface area contributed by atoms with Crippen molar-refractivity contribution in [2.24, 2.45) is 0 Å². The number of nitrogens with one attached hydrogen (secondary N) is 1. The third-order valence-electron chi connectivity index (χ3n) is 1.83. The highest BCUT2D eigenvalue weighted by molar-refractivity contribution is 5.47. The minimum atomic E-state index is -5.45. The number of aromatic hydroxyl groups is 1. The van der Waals surface area contributed by atoms with E-state index in [4.69, 9.17) is 5.11 Å². The largest absolute Gasteiger partial charge is 0.508 e. The zero-order chi connectivity index (χ0) is 13.3. The van der Waals surface area contributed by atoms with Crippen molar-refractivity contribution >= 4 is 5.69 Å². The topological polar surface area (TPSA) is 32.3 Å². The molecule has 0 spiro atoms. The lowest BCUT2D eigenvalue weighted by Gasteiger charge is -2.24. The molecule has 0 unspecified atom stereocenters. The number of alkyl halides is 6. The zero-order valence-electron chi connectivity index (χ0n) is 8.10. The van der Waals surface area contributed by atoms with Crippen molar-refractivity contribution < 1.29 is 31.4 Å². The van der Waals surface area contributed by atoms with Gasteiger partial charge in [-0.2, -0.15) is 26.3 Å². The maximum Gasteiger partial charge on any atom is 0.417 e. The second-order valence-electron chi connectivity index (χ2n) is 3.21. The Morgan fingerprint density at radius 2 is 1.29 bits per heavy atom. The molecule has 17 heavy (non-hydrogen) atoms. The average Bonchev–Trinajstić information content (AvgIpc) is 2.13. The molecule has 0 aliphatic rings. The molecule has 8 heteroatoms. The highest BCUT2D eigenvalue weighted by Crippen LogP contribution is 2.35. The van der Waals surface area contributed by atoms with E-state index < -0.39 is 18.4 Å². The van der Waals surface area contributed by atoms with Gasteiger partial charge in [0, 0.05) is 5.69 Å². The van der Waals surface area contributed by atoms with Gasteiger partial charge in [-0.25, -0.2) is 0 Å². The van der Waals surface area contributed by atoms with Crippen LogP contribution in [0.3, 0.4) is 0 Å². The molecule has 96 valence electrons. The average molecular weight is 259 g/mol. The Bertz CT molecular complexity index is 355. The van der Waals surface area contributed by atoms with E-state index in [-0.39, 0.29) is 11.4 Å². The first-order valence-corrected chi connectivity index (χ1v) is 4.29. The number of hydrogen-bond acceptors (Lipinski definition) is 2. The molecule has 0 aliphatic carbocycles. The van der Waals surface area contributed by atoms with Crippen LogP contribution < -0.4 is 5.32 Å². The molecule has 2 nitrogen and oxygen atoms in total. The van der Waals surface area contributed by atoms with Crippen LogP contribution in [0.4, 0.5) is 32.0 Å². The summed E-state index contributed by atoms with van der Waals surface area (Å²) in [6.45, 7) is 0. The third-order valence-corrected chi connectivity index (χ3v) is 1.83. The molecular formula is C9H7F6NO. The van der Waals surface area contributed by atoms with Crippen molar-refractivity contribution in [2.75, 3.05) is 5.32 Å². The number of benzene rings is 1. The summed E-state index contributed by atoms with van der Waals surface area (Å²) in [6, 6.07) is 0.150. The van der Waals surface area contributed by atoms with Crippen molar-refractivity contribution in [3.05, 3.63) is 24.3 Å². The van der Waals surface area contributed by atoms with Gasteiger partial charge < -0.3 is 10.4 Å². The molecular weight excluding hydrogens is 252 g/mol. The maximum atomic E-state index is 12.1. The molecule has 0 amide bonds. The standard InChI is InChI=1S/C9H7F6NO/c10-8(11,12)7(9(13,14)15)16-5-1-3-6(17)4-2-5/h1-4,7,16-17H. The van der Waals surface area contributed by atoms with Crippen LogP contribution in [0, 0.1) is 0 Å². The van der Waals surface area contributed by atoms with Gasteiger partial charge in [0.25, 0.3) is 0 Å². The number of halogens is 6. The van der Waals surface area contributed by atoms with Crippen LogP contribution >= 0.6 is 0 Å². The molecule has 0 radical (unpaired) electrons. The summed E-state index contributed by atoms with van der Waals surface area (Å²) < 4.78 is 72.9. The molecule has 0 bridgehead atoms. The molecule has 1 aromatic rings. The van der Waals surface area contributed by atoms with E-state index in [2.05, 4.69) is 0 Å². The smallest absolute Gasteiger partial charge is 0.417 e. The van der Waals surface area contributed by atoms with Crippen LogP contribution in [-0.4, -0.2) is 23.5 Å². The molecule has 0 heterocycles. The molecule has 2 N–H and O–H groups in total. The van der Waals surface area contributed by atoms with Gasteiger partial charge in [0.05, 0.1) is 0 Å². The highest BCUT2D eigenvalue weighted by atomic mass is 19.4. The van der Waals surface area contributed by atoms with Crippen LogP contribution in [0.2, 0.25) is 0 Å². The molecule has 0 aromatic heterocycles. The Morgan fingerprint density at radius 1 is 0.882 bits per heavy atom. The second-order valence-corrected chi connectivity index (χ2v) is 3.21. The van der Waals surface area contributed by atoms with Crippen molar-refractivity contribution in [3.8, 4) is 5.75 Å². The minimum Gasteiger partial charge on any atom is -0.508 e. The van der Waals surface area contributed by atoms with E-state index in [9.17, 15) is 26.3 Å². The lowest BCUT2D eigenvalue weighted by Crippen LogP contribution is -2.47. The van der Waals surface area contributed by atoms with Crippen LogP contribution in [0.25, 0.3) is 0 Å². The first kappa shape index (κ1) is 13.5. The van der Waals surface area contributed by atoms with Gasteiger partial charge in [0.15, 0.2) is 0 Å². The SMILES string of the molecule is Oc1ccc(NC(C(F)(F)F)C(F)(F)F)cc1. The predicted octanol–water partition coefficient (Wildman–Crippen LogP) is 3.30. The summed E-state index contributed by atoms with van der Waals surface area (Å²) in [4.78, 5) is 0. The molecule has 0 saturated carbocycles. The summed E-state index contributed by atoms with van der Waals surface area (Å²) in [5.41, 5.74) is -0.387. The van der Waals surface area contributed by atoms with E-state index in [0.29, 0.717) is 0 Å². The van der Waals surface area contributed by atoms with Crippen LogP contribution in [-0.2, 0) is 0 Å². The Kier molecular flexibility index (Phi) is 3.44. The van der Waals surface area contributed by atoms with Crippen molar-refractivity contribution in [3.63, 3.8) is 0 Å². The van der Waals surface area contributed by atoms with E-state index >= 15 is 0 Å². The van der Waals surface area contributed by atoms with E-state index in [1.807, 2.05) is 0 Å². The van der Waals surface area contributed by atoms with Crippen LogP contribution in [0.5, 0.6) is 5.75 Å². The third kappa shape index (κ3) is 3.72. The van der Waals surface area contributed by atoms with Gasteiger partial charge in [-0.3, -0.25) is 0 Å². The second kappa shape index (κ2) is 4.34. The summed E-state index contributed by atoms with van der Waals surface area (Å²) >= 11 is 0. The summed E-state index contributed by atoms with van der Waals surface area (Å²) in [6.07, 6.45) is -10.9. The number of phenolic OH excluding ortho intramolecular Hbond substituents is 1. The Morgan fingerprint density at radius 3 is 1.65 bits per heavy atom. The summed E-state index contributed by atoms with van der Waals surface area (Å²) in [7, 11) is 0. The number of hydrogen-bond donors (Lipinski definition) is 2. The Labute approximate surface area is 91.9 Å². The van der Waals surface area contributed by atoms with Gasteiger partial charge >= 0.3 is 12.4 Å². The molecule has 0 aliphatic heterocycles. The quantitative estimate of drug-likeness (QED) is 0.631. The van der Waals surface area contributed by atoms with Crippen LogP contribution in [0.15, 0.2) is 24.3 Å². The number of rotatable bonds is 2. The molecule has 0 saturated heterocycles. The monoisotopic (exact) mass is 259 g/mol. The van der Waals surface area contributed by atoms with Crippen molar-refractivity contribution in [1.82, 2.24) is 0 Å². The fraction of sp³-hybridized carbons (Fsp3) is 0.333. The predicted molar refractivity (Wildman–Crippen MR) is 47.6 cm³/mol. The zero-order valence-corrected chi connectivity index (χ0v) is 8.10.